The van der Waals surface area contributed by atoms with Gasteiger partial charge in [0, 0.05) is 17.3 Å². The average molecular weight is 323 g/mol. The predicted octanol–water partition coefficient (Wildman–Crippen LogP) is 1.00. The number of fused-ring (bicyclic) bond motifs is 1. The van der Waals surface area contributed by atoms with Crippen LogP contribution in [-0.2, 0) is 12.1 Å². The van der Waals surface area contributed by atoms with Crippen molar-refractivity contribution in [1.29, 1.82) is 0 Å². The fourth-order valence-electron chi connectivity index (χ4n) is 2.60. The van der Waals surface area contributed by atoms with Crippen LogP contribution in [0.3, 0.4) is 0 Å². The number of aliphatic imine (C=N–C) groups is 1. The van der Waals surface area contributed by atoms with E-state index in [-0.39, 0.29) is 11.4 Å². The number of hydrogen-bond acceptors (Lipinski definition) is 4. The highest BCUT2D eigenvalue weighted by molar-refractivity contribution is 5.97. The highest BCUT2D eigenvalue weighted by atomic mass is 19.3. The van der Waals surface area contributed by atoms with Gasteiger partial charge in [-0.15, -0.1) is 0 Å². The second-order valence-electron chi connectivity index (χ2n) is 5.15. The van der Waals surface area contributed by atoms with Crippen LogP contribution in [0.2, 0.25) is 0 Å². The third-order valence-corrected chi connectivity index (χ3v) is 3.77. The Morgan fingerprint density at radius 2 is 2.09 bits per heavy atom. The van der Waals surface area contributed by atoms with E-state index in [0.717, 1.165) is 18.2 Å². The number of hydrogen-bond donors (Lipinski definition) is 2. The van der Waals surface area contributed by atoms with Gasteiger partial charge in [-0.3, -0.25) is 9.48 Å². The molecule has 1 aliphatic rings. The molecule has 1 amide bonds. The SMILES string of the molecule is NC(=O)c1ccc(F)c(C2(C(F)F)Cn3nccc3C(N)=N2)c1. The van der Waals surface area contributed by atoms with E-state index in [0.29, 0.717) is 5.69 Å². The lowest BCUT2D eigenvalue weighted by atomic mass is 9.87. The third kappa shape index (κ3) is 2.24. The number of primary amides is 1. The van der Waals surface area contributed by atoms with Gasteiger partial charge in [0.2, 0.25) is 5.91 Å². The first kappa shape index (κ1) is 15.1. The molecule has 1 aromatic carbocycles. The zero-order valence-electron chi connectivity index (χ0n) is 11.7. The first-order chi connectivity index (χ1) is 10.8. The molecule has 23 heavy (non-hydrogen) atoms. The molecule has 0 aliphatic carbocycles. The monoisotopic (exact) mass is 323 g/mol. The van der Waals surface area contributed by atoms with Gasteiger partial charge in [-0.2, -0.15) is 5.10 Å². The van der Waals surface area contributed by atoms with Crippen molar-refractivity contribution in [1.82, 2.24) is 9.78 Å². The lowest BCUT2D eigenvalue weighted by molar-refractivity contribution is 0.0363. The van der Waals surface area contributed by atoms with Crippen molar-refractivity contribution in [2.75, 3.05) is 0 Å². The summed E-state index contributed by atoms with van der Waals surface area (Å²) in [6, 6.07) is 4.53. The third-order valence-electron chi connectivity index (χ3n) is 3.77. The minimum absolute atomic E-state index is 0.0959. The molecule has 2 aromatic rings. The normalized spacial score (nSPS) is 20.3. The number of nitrogens with two attached hydrogens (primary N) is 2. The van der Waals surface area contributed by atoms with E-state index in [1.165, 1.54) is 16.9 Å². The van der Waals surface area contributed by atoms with Crippen LogP contribution >= 0.6 is 0 Å². The van der Waals surface area contributed by atoms with Crippen LogP contribution in [0.5, 0.6) is 0 Å². The highest BCUT2D eigenvalue weighted by Crippen LogP contribution is 2.39. The Hall–Kier alpha value is -2.84. The van der Waals surface area contributed by atoms with Crippen molar-refractivity contribution in [2.45, 2.75) is 18.5 Å². The second kappa shape index (κ2) is 5.11. The molecule has 0 fully saturated rings. The summed E-state index contributed by atoms with van der Waals surface area (Å²) in [5.41, 5.74) is 8.42. The van der Waals surface area contributed by atoms with Gasteiger partial charge in [-0.25, -0.2) is 18.2 Å². The Morgan fingerprint density at radius 1 is 1.35 bits per heavy atom. The van der Waals surface area contributed by atoms with Crippen molar-refractivity contribution in [3.63, 3.8) is 0 Å². The van der Waals surface area contributed by atoms with Crippen LogP contribution in [0.4, 0.5) is 13.2 Å². The summed E-state index contributed by atoms with van der Waals surface area (Å²) in [5, 5.41) is 3.91. The number of amidine groups is 1. The number of carbonyl (C=O) groups is 1. The smallest absolute Gasteiger partial charge is 0.269 e. The lowest BCUT2D eigenvalue weighted by Crippen LogP contribution is -2.45. The molecule has 1 aliphatic heterocycles. The largest absolute Gasteiger partial charge is 0.382 e. The molecule has 0 bridgehead atoms. The summed E-state index contributed by atoms with van der Waals surface area (Å²) in [6.07, 6.45) is -1.69. The molecule has 1 unspecified atom stereocenters. The van der Waals surface area contributed by atoms with Gasteiger partial charge >= 0.3 is 0 Å². The molecule has 4 N–H and O–H groups in total. The summed E-state index contributed by atoms with van der Waals surface area (Å²) in [4.78, 5) is 15.1. The van der Waals surface area contributed by atoms with Crippen molar-refractivity contribution < 1.29 is 18.0 Å². The lowest BCUT2D eigenvalue weighted by Gasteiger charge is -2.34. The maximum Gasteiger partial charge on any atom is 0.269 e. The van der Waals surface area contributed by atoms with Gasteiger partial charge < -0.3 is 11.5 Å². The van der Waals surface area contributed by atoms with Crippen LogP contribution < -0.4 is 11.5 Å². The average Bonchev–Trinajstić information content (AvgIpc) is 2.95. The summed E-state index contributed by atoms with van der Waals surface area (Å²) in [6.45, 7) is -0.410. The maximum absolute atomic E-state index is 14.2. The standard InChI is InChI=1S/C14H12F3N5O/c15-9-2-1-7(12(19)23)5-8(9)14(13(16)17)6-22-10(3-4-20-22)11(18)21-14/h1-5,13H,6H2,(H2,18,21)(H2,19,23). The quantitative estimate of drug-likeness (QED) is 0.881. The topological polar surface area (TPSA) is 99.3 Å². The molecule has 2 heterocycles. The van der Waals surface area contributed by atoms with E-state index in [4.69, 9.17) is 11.5 Å². The van der Waals surface area contributed by atoms with Crippen LogP contribution in [0.15, 0.2) is 35.5 Å². The number of halogens is 3. The highest BCUT2D eigenvalue weighted by Gasteiger charge is 2.47. The molecule has 9 heteroatoms. The van der Waals surface area contributed by atoms with Gasteiger partial charge in [0.15, 0.2) is 5.54 Å². The molecular weight excluding hydrogens is 311 g/mol. The molecule has 1 aromatic heterocycles. The Labute approximate surface area is 128 Å². The molecular formula is C14H12F3N5O. The Kier molecular flexibility index (Phi) is 3.35. The van der Waals surface area contributed by atoms with E-state index >= 15 is 0 Å². The number of aromatic nitrogens is 2. The van der Waals surface area contributed by atoms with Gasteiger partial charge in [0.1, 0.15) is 17.3 Å². The number of amides is 1. The molecule has 0 saturated carbocycles. The van der Waals surface area contributed by atoms with Crippen LogP contribution in [-0.4, -0.2) is 27.9 Å². The van der Waals surface area contributed by atoms with Crippen molar-refractivity contribution in [3.05, 3.63) is 53.1 Å². The number of alkyl halides is 2. The molecule has 6 nitrogen and oxygen atoms in total. The summed E-state index contributed by atoms with van der Waals surface area (Å²) >= 11 is 0. The minimum Gasteiger partial charge on any atom is -0.382 e. The number of carbonyl (C=O) groups excluding carboxylic acids is 1. The van der Waals surface area contributed by atoms with E-state index in [2.05, 4.69) is 10.1 Å². The zero-order chi connectivity index (χ0) is 16.8. The number of rotatable bonds is 3. The van der Waals surface area contributed by atoms with Crippen molar-refractivity contribution >= 4 is 11.7 Å². The van der Waals surface area contributed by atoms with E-state index in [1.807, 2.05) is 0 Å². The van der Waals surface area contributed by atoms with Crippen molar-refractivity contribution in [2.24, 2.45) is 16.5 Å². The molecule has 3 rings (SSSR count). The van der Waals surface area contributed by atoms with Crippen LogP contribution in [0.25, 0.3) is 0 Å². The Morgan fingerprint density at radius 3 is 2.74 bits per heavy atom. The van der Waals surface area contributed by atoms with Gasteiger partial charge in [0.05, 0.1) is 6.54 Å². The molecule has 0 saturated heterocycles. The first-order valence-corrected chi connectivity index (χ1v) is 6.60. The first-order valence-electron chi connectivity index (χ1n) is 6.60. The van der Waals surface area contributed by atoms with Gasteiger partial charge in [-0.1, -0.05) is 0 Å². The summed E-state index contributed by atoms with van der Waals surface area (Å²) in [5.74, 6) is -1.97. The zero-order valence-corrected chi connectivity index (χ0v) is 11.7. The minimum atomic E-state index is -3.07. The van der Waals surface area contributed by atoms with Crippen LogP contribution in [0.1, 0.15) is 21.6 Å². The van der Waals surface area contributed by atoms with E-state index in [9.17, 15) is 18.0 Å². The van der Waals surface area contributed by atoms with Crippen LogP contribution in [0, 0.1) is 5.82 Å². The van der Waals surface area contributed by atoms with E-state index < -0.39 is 35.8 Å². The molecule has 0 radical (unpaired) electrons. The van der Waals surface area contributed by atoms with Gasteiger partial charge in [0.25, 0.3) is 6.43 Å². The number of benzene rings is 1. The molecule has 120 valence electrons. The maximum atomic E-state index is 14.2. The Balaban J connectivity index is 2.23. The Bertz CT molecular complexity index is 816. The fraction of sp³-hybridized carbons (Fsp3) is 0.214. The van der Waals surface area contributed by atoms with Gasteiger partial charge in [-0.05, 0) is 24.3 Å². The van der Waals surface area contributed by atoms with E-state index in [1.54, 1.807) is 0 Å². The predicted molar refractivity (Wildman–Crippen MR) is 75.6 cm³/mol. The molecule has 1 atom stereocenters. The van der Waals surface area contributed by atoms with Crippen molar-refractivity contribution in [3.8, 4) is 0 Å². The second-order valence-corrected chi connectivity index (χ2v) is 5.15. The summed E-state index contributed by atoms with van der Waals surface area (Å²) in [7, 11) is 0. The summed E-state index contributed by atoms with van der Waals surface area (Å²) < 4.78 is 43.2. The fourth-order valence-corrected chi connectivity index (χ4v) is 2.60. The number of nitrogens with zero attached hydrogens (tertiary/aromatic N) is 3. The molecule has 0 spiro atoms.